The van der Waals surface area contributed by atoms with Crippen LogP contribution in [0.25, 0.3) is 10.8 Å². The first-order valence-electron chi connectivity index (χ1n) is 10.6. The van der Waals surface area contributed by atoms with Gasteiger partial charge < -0.3 is 10.6 Å². The molecule has 6 nitrogen and oxygen atoms in total. The van der Waals surface area contributed by atoms with Crippen molar-refractivity contribution in [2.24, 2.45) is 0 Å². The molecule has 4 aromatic carbocycles. The minimum Gasteiger partial charge on any atom is -0.350 e. The van der Waals surface area contributed by atoms with Gasteiger partial charge in [0.2, 0.25) is 0 Å². The van der Waals surface area contributed by atoms with Crippen LogP contribution in [0, 0.1) is 0 Å². The van der Waals surface area contributed by atoms with Gasteiger partial charge in [-0.2, -0.15) is 0 Å². The number of carbonyl (C=O) groups is 3. The number of fused-ring (bicyclic) bond motifs is 1. The number of hydrogen-bond donors (Lipinski definition) is 2. The van der Waals surface area contributed by atoms with Crippen molar-refractivity contribution in [3.63, 3.8) is 0 Å². The molecule has 0 atom stereocenters. The SMILES string of the molecule is O=C(Nc1cccc2ccccc12)c1cccc(NC2=C(Cl)C(=O)N(c3ccc(Br)cc3)C2=O)c1. The molecular formula is C27H17BrClN3O3. The third-order valence-corrected chi connectivity index (χ3v) is 6.42. The van der Waals surface area contributed by atoms with Gasteiger partial charge in [-0.1, -0.05) is 70.0 Å². The molecule has 0 radical (unpaired) electrons. The fourth-order valence-corrected chi connectivity index (χ4v) is 4.32. The van der Waals surface area contributed by atoms with Crippen molar-refractivity contribution in [1.29, 1.82) is 0 Å². The van der Waals surface area contributed by atoms with Gasteiger partial charge in [-0.25, -0.2) is 4.90 Å². The van der Waals surface area contributed by atoms with Crippen molar-refractivity contribution in [2.75, 3.05) is 15.5 Å². The summed E-state index contributed by atoms with van der Waals surface area (Å²) in [7, 11) is 0. The normalized spacial score (nSPS) is 13.5. The second kappa shape index (κ2) is 9.37. The second-order valence-electron chi connectivity index (χ2n) is 7.80. The van der Waals surface area contributed by atoms with E-state index in [2.05, 4.69) is 26.6 Å². The molecule has 2 N–H and O–H groups in total. The van der Waals surface area contributed by atoms with Crippen molar-refractivity contribution in [3.05, 3.63) is 112 Å². The Kier molecular flexibility index (Phi) is 6.11. The molecule has 0 aliphatic carbocycles. The lowest BCUT2D eigenvalue weighted by atomic mass is 10.1. The highest BCUT2D eigenvalue weighted by Crippen LogP contribution is 2.31. The molecule has 5 rings (SSSR count). The quantitative estimate of drug-likeness (QED) is 0.288. The maximum Gasteiger partial charge on any atom is 0.283 e. The van der Waals surface area contributed by atoms with E-state index in [4.69, 9.17) is 11.6 Å². The van der Waals surface area contributed by atoms with Crippen LogP contribution in [-0.4, -0.2) is 17.7 Å². The molecule has 4 aromatic rings. The van der Waals surface area contributed by atoms with Crippen molar-refractivity contribution in [2.45, 2.75) is 0 Å². The molecule has 0 unspecified atom stereocenters. The number of nitrogens with one attached hydrogen (secondary N) is 2. The predicted molar refractivity (Wildman–Crippen MR) is 141 cm³/mol. The number of carbonyl (C=O) groups excluding carboxylic acids is 3. The first-order valence-corrected chi connectivity index (χ1v) is 11.8. The number of halogens is 2. The van der Waals surface area contributed by atoms with Crippen molar-refractivity contribution >= 4 is 73.1 Å². The fraction of sp³-hybridized carbons (Fsp3) is 0. The average molecular weight is 547 g/mol. The summed E-state index contributed by atoms with van der Waals surface area (Å²) in [6.45, 7) is 0. The van der Waals surface area contributed by atoms with Crippen LogP contribution in [0.15, 0.2) is 106 Å². The molecule has 0 spiro atoms. The lowest BCUT2D eigenvalue weighted by molar-refractivity contribution is -0.120. The summed E-state index contributed by atoms with van der Waals surface area (Å²) in [5.41, 5.74) is 1.87. The molecule has 1 aliphatic heterocycles. The topological polar surface area (TPSA) is 78.5 Å². The summed E-state index contributed by atoms with van der Waals surface area (Å²) < 4.78 is 0.816. The molecule has 3 amide bonds. The maximum atomic E-state index is 13.0. The summed E-state index contributed by atoms with van der Waals surface area (Å²) in [6.07, 6.45) is 0. The summed E-state index contributed by atoms with van der Waals surface area (Å²) in [4.78, 5) is 39.7. The van der Waals surface area contributed by atoms with Gasteiger partial charge in [0, 0.05) is 26.8 Å². The average Bonchev–Trinajstić information content (AvgIpc) is 3.08. The Morgan fingerprint density at radius 2 is 1.54 bits per heavy atom. The first-order chi connectivity index (χ1) is 16.9. The number of nitrogens with zero attached hydrogens (tertiary/aromatic N) is 1. The van der Waals surface area contributed by atoms with Gasteiger partial charge >= 0.3 is 0 Å². The Bertz CT molecular complexity index is 1530. The summed E-state index contributed by atoms with van der Waals surface area (Å²) >= 11 is 9.56. The molecule has 35 heavy (non-hydrogen) atoms. The van der Waals surface area contributed by atoms with Crippen LogP contribution in [0.5, 0.6) is 0 Å². The number of imide groups is 1. The van der Waals surface area contributed by atoms with E-state index in [9.17, 15) is 14.4 Å². The lowest BCUT2D eigenvalue weighted by Gasteiger charge is -2.15. The monoisotopic (exact) mass is 545 g/mol. The molecule has 0 aromatic heterocycles. The number of anilines is 3. The third-order valence-electron chi connectivity index (χ3n) is 5.54. The molecule has 0 saturated heterocycles. The maximum absolute atomic E-state index is 13.0. The standard InChI is InChI=1S/C27H17BrClN3O3/c28-18-11-13-20(14-12-18)32-26(34)23(29)24(27(32)35)30-19-8-3-7-17(15-19)25(33)31-22-10-4-6-16-5-1-2-9-21(16)22/h1-15,30H,(H,31,33). The largest absolute Gasteiger partial charge is 0.350 e. The van der Waals surface area contributed by atoms with Crippen molar-refractivity contribution in [1.82, 2.24) is 0 Å². The van der Waals surface area contributed by atoms with E-state index in [0.29, 0.717) is 22.6 Å². The highest BCUT2D eigenvalue weighted by Gasteiger charge is 2.39. The zero-order chi connectivity index (χ0) is 24.5. The minimum absolute atomic E-state index is 0.0498. The molecule has 0 saturated carbocycles. The number of benzene rings is 4. The Hall–Kier alpha value is -3.94. The van der Waals surface area contributed by atoms with E-state index in [1.54, 1.807) is 48.5 Å². The van der Waals surface area contributed by atoms with Crippen molar-refractivity contribution < 1.29 is 14.4 Å². The van der Waals surface area contributed by atoms with Gasteiger partial charge in [0.15, 0.2) is 0 Å². The minimum atomic E-state index is -0.619. The van der Waals surface area contributed by atoms with E-state index in [-0.39, 0.29) is 16.6 Å². The summed E-state index contributed by atoms with van der Waals surface area (Å²) in [5.74, 6) is -1.50. The molecule has 0 fully saturated rings. The van der Waals surface area contributed by atoms with Crippen LogP contribution in [0.1, 0.15) is 10.4 Å². The Balaban J connectivity index is 1.37. The van der Waals surface area contributed by atoms with Crippen LogP contribution in [-0.2, 0) is 9.59 Å². The highest BCUT2D eigenvalue weighted by molar-refractivity contribution is 9.10. The van der Waals surface area contributed by atoms with Gasteiger partial charge in [-0.3, -0.25) is 14.4 Å². The zero-order valence-electron chi connectivity index (χ0n) is 18.1. The molecular weight excluding hydrogens is 530 g/mol. The predicted octanol–water partition coefficient (Wildman–Crippen LogP) is 6.29. The molecule has 8 heteroatoms. The van der Waals surface area contributed by atoms with Crippen LogP contribution >= 0.6 is 27.5 Å². The highest BCUT2D eigenvalue weighted by atomic mass is 79.9. The van der Waals surface area contributed by atoms with Crippen LogP contribution in [0.2, 0.25) is 0 Å². The molecule has 0 bridgehead atoms. The van der Waals surface area contributed by atoms with Gasteiger partial charge in [-0.05, 0) is 53.9 Å². The number of amides is 3. The summed E-state index contributed by atoms with van der Waals surface area (Å²) in [6, 6.07) is 26.8. The third kappa shape index (κ3) is 4.43. The fourth-order valence-electron chi connectivity index (χ4n) is 3.85. The zero-order valence-corrected chi connectivity index (χ0v) is 20.4. The molecule has 172 valence electrons. The van der Waals surface area contributed by atoms with E-state index in [0.717, 1.165) is 20.1 Å². The van der Waals surface area contributed by atoms with Crippen LogP contribution in [0.4, 0.5) is 17.1 Å². The van der Waals surface area contributed by atoms with Gasteiger partial charge in [-0.15, -0.1) is 0 Å². The van der Waals surface area contributed by atoms with E-state index in [1.807, 2.05) is 42.5 Å². The molecule has 1 heterocycles. The Labute approximate surface area is 214 Å². The van der Waals surface area contributed by atoms with Gasteiger partial charge in [0.25, 0.3) is 17.7 Å². The van der Waals surface area contributed by atoms with E-state index < -0.39 is 11.8 Å². The van der Waals surface area contributed by atoms with Gasteiger partial charge in [0.1, 0.15) is 10.7 Å². The Morgan fingerprint density at radius 3 is 2.34 bits per heavy atom. The van der Waals surface area contributed by atoms with Crippen LogP contribution in [0.3, 0.4) is 0 Å². The smallest absolute Gasteiger partial charge is 0.283 e. The van der Waals surface area contributed by atoms with Crippen LogP contribution < -0.4 is 15.5 Å². The number of rotatable bonds is 5. The molecule has 1 aliphatic rings. The summed E-state index contributed by atoms with van der Waals surface area (Å²) in [5, 5.41) is 7.58. The Morgan fingerprint density at radius 1 is 0.829 bits per heavy atom. The number of hydrogen-bond acceptors (Lipinski definition) is 4. The van der Waals surface area contributed by atoms with E-state index in [1.165, 1.54) is 0 Å². The van der Waals surface area contributed by atoms with Crippen molar-refractivity contribution in [3.8, 4) is 0 Å². The second-order valence-corrected chi connectivity index (χ2v) is 9.09. The van der Waals surface area contributed by atoms with E-state index >= 15 is 0 Å². The lowest BCUT2D eigenvalue weighted by Crippen LogP contribution is -2.32. The van der Waals surface area contributed by atoms with Gasteiger partial charge in [0.05, 0.1) is 5.69 Å². The first kappa shape index (κ1) is 22.8.